The van der Waals surface area contributed by atoms with Crippen molar-refractivity contribution in [2.75, 3.05) is 13.1 Å². The van der Waals surface area contributed by atoms with Crippen molar-refractivity contribution in [3.8, 4) is 0 Å². The second-order valence-corrected chi connectivity index (χ2v) is 6.85. The monoisotopic (exact) mass is 321 g/mol. The zero-order chi connectivity index (χ0) is 15.2. The molecule has 0 radical (unpaired) electrons. The number of aromatic carboxylic acids is 1. The molecule has 0 unspecified atom stereocenters. The van der Waals surface area contributed by atoms with Crippen molar-refractivity contribution in [1.82, 2.24) is 14.0 Å². The van der Waals surface area contributed by atoms with E-state index in [1.54, 1.807) is 0 Å². The van der Waals surface area contributed by atoms with E-state index in [2.05, 4.69) is 9.71 Å². The highest BCUT2D eigenvalue weighted by Gasteiger charge is 2.20. The topological polar surface area (TPSA) is 99.6 Å². The molecule has 0 bridgehead atoms. The maximum atomic E-state index is 12.1. The van der Waals surface area contributed by atoms with E-state index < -0.39 is 16.2 Å². The average molecular weight is 321 g/mol. The zero-order valence-electron chi connectivity index (χ0n) is 11.5. The summed E-state index contributed by atoms with van der Waals surface area (Å²) >= 11 is 1.12. The molecule has 1 rings (SSSR count). The lowest BCUT2D eigenvalue weighted by Gasteiger charge is -2.20. The fourth-order valence-corrected chi connectivity index (χ4v) is 3.73. The van der Waals surface area contributed by atoms with Gasteiger partial charge >= 0.3 is 5.97 Å². The first-order valence-electron chi connectivity index (χ1n) is 6.33. The summed E-state index contributed by atoms with van der Waals surface area (Å²) in [5.74, 6) is -1.12. The summed E-state index contributed by atoms with van der Waals surface area (Å²) in [6.45, 7) is 4.75. The van der Waals surface area contributed by atoms with Gasteiger partial charge in [-0.05, 0) is 12.8 Å². The molecular formula is C11H19N3O4S2. The van der Waals surface area contributed by atoms with Crippen molar-refractivity contribution < 1.29 is 18.3 Å². The average Bonchev–Trinajstić information content (AvgIpc) is 2.85. The van der Waals surface area contributed by atoms with Crippen LogP contribution in [-0.4, -0.2) is 41.9 Å². The first-order chi connectivity index (χ1) is 9.40. The minimum absolute atomic E-state index is 0.00418. The molecule has 1 aromatic rings. The molecule has 114 valence electrons. The van der Waals surface area contributed by atoms with E-state index in [1.807, 2.05) is 13.8 Å². The summed E-state index contributed by atoms with van der Waals surface area (Å²) in [6, 6.07) is 0. The van der Waals surface area contributed by atoms with Gasteiger partial charge in [0.2, 0.25) is 0 Å². The summed E-state index contributed by atoms with van der Waals surface area (Å²) in [7, 11) is -3.55. The Bertz CT molecular complexity index is 536. The minimum Gasteiger partial charge on any atom is -0.476 e. The number of thiazole rings is 1. The van der Waals surface area contributed by atoms with Gasteiger partial charge in [0.05, 0.1) is 6.54 Å². The van der Waals surface area contributed by atoms with Crippen LogP contribution >= 0.6 is 11.3 Å². The predicted octanol–water partition coefficient (Wildman–Crippen LogP) is 1.30. The number of rotatable bonds is 9. The molecule has 7 nitrogen and oxygen atoms in total. The summed E-state index contributed by atoms with van der Waals surface area (Å²) in [5.41, 5.74) is -0.0665. The highest BCUT2D eigenvalue weighted by atomic mass is 32.2. The van der Waals surface area contributed by atoms with Crippen LogP contribution in [0.1, 0.15) is 42.2 Å². The summed E-state index contributed by atoms with van der Waals surface area (Å²) in [5, 5.41) is 10.6. The lowest BCUT2D eigenvalue weighted by atomic mass is 10.4. The Labute approximate surface area is 122 Å². The lowest BCUT2D eigenvalue weighted by molar-refractivity contribution is 0.0691. The number of nitrogens with zero attached hydrogens (tertiary/aromatic N) is 2. The summed E-state index contributed by atoms with van der Waals surface area (Å²) < 4.78 is 28.0. The number of hydrogen-bond acceptors (Lipinski definition) is 5. The molecule has 0 aromatic carbocycles. The number of carboxylic acid groups (broad SMARTS) is 1. The molecule has 2 N–H and O–H groups in total. The third kappa shape index (κ3) is 4.82. The van der Waals surface area contributed by atoms with E-state index in [1.165, 1.54) is 9.69 Å². The zero-order valence-corrected chi connectivity index (χ0v) is 13.1. The Hall–Kier alpha value is -1.03. The Kier molecular flexibility index (Phi) is 6.53. The van der Waals surface area contributed by atoms with E-state index in [0.717, 1.165) is 24.2 Å². The molecule has 20 heavy (non-hydrogen) atoms. The van der Waals surface area contributed by atoms with E-state index in [-0.39, 0.29) is 12.2 Å². The number of carbonyl (C=O) groups is 1. The van der Waals surface area contributed by atoms with Crippen molar-refractivity contribution in [2.45, 2.75) is 33.2 Å². The van der Waals surface area contributed by atoms with Crippen LogP contribution in [0.2, 0.25) is 0 Å². The Balaban J connectivity index is 2.67. The molecule has 0 saturated carbocycles. The standard InChI is InChI=1S/C11H19N3O4S2/c1-3-5-14(6-4-2)20(17,18)12-7-10-13-9(8-19-10)11(15)16/h8,12H,3-7H2,1-2H3,(H,15,16). The first-order valence-corrected chi connectivity index (χ1v) is 8.65. The molecule has 0 atom stereocenters. The van der Waals surface area contributed by atoms with Gasteiger partial charge in [0.1, 0.15) is 5.01 Å². The van der Waals surface area contributed by atoms with Crippen molar-refractivity contribution in [1.29, 1.82) is 0 Å². The van der Waals surface area contributed by atoms with Gasteiger partial charge in [-0.25, -0.2) is 9.78 Å². The van der Waals surface area contributed by atoms with Gasteiger partial charge < -0.3 is 5.11 Å². The van der Waals surface area contributed by atoms with Gasteiger partial charge in [0.15, 0.2) is 5.69 Å². The van der Waals surface area contributed by atoms with Gasteiger partial charge in [-0.2, -0.15) is 17.4 Å². The Morgan fingerprint density at radius 2 is 2.00 bits per heavy atom. The van der Waals surface area contributed by atoms with Crippen LogP contribution in [-0.2, 0) is 16.8 Å². The van der Waals surface area contributed by atoms with Gasteiger partial charge in [0.25, 0.3) is 10.2 Å². The highest BCUT2D eigenvalue weighted by Crippen LogP contribution is 2.10. The first kappa shape index (κ1) is 17.0. The van der Waals surface area contributed by atoms with Gasteiger partial charge in [-0.15, -0.1) is 11.3 Å². The second-order valence-electron chi connectivity index (χ2n) is 4.16. The van der Waals surface area contributed by atoms with Crippen LogP contribution in [0.4, 0.5) is 0 Å². The van der Waals surface area contributed by atoms with E-state index in [9.17, 15) is 13.2 Å². The van der Waals surface area contributed by atoms with Crippen molar-refractivity contribution >= 4 is 27.5 Å². The fourth-order valence-electron chi connectivity index (χ4n) is 1.59. The molecular weight excluding hydrogens is 302 g/mol. The maximum Gasteiger partial charge on any atom is 0.355 e. The van der Waals surface area contributed by atoms with Crippen LogP contribution in [0.5, 0.6) is 0 Å². The fraction of sp³-hybridized carbons (Fsp3) is 0.636. The number of hydrogen-bond donors (Lipinski definition) is 2. The smallest absolute Gasteiger partial charge is 0.355 e. The van der Waals surface area contributed by atoms with E-state index >= 15 is 0 Å². The van der Waals surface area contributed by atoms with Crippen LogP contribution < -0.4 is 4.72 Å². The maximum absolute atomic E-state index is 12.1. The molecule has 0 aliphatic carbocycles. The van der Waals surface area contributed by atoms with Crippen LogP contribution in [0.15, 0.2) is 5.38 Å². The number of carboxylic acids is 1. The summed E-state index contributed by atoms with van der Waals surface area (Å²) in [4.78, 5) is 14.5. The molecule has 0 spiro atoms. The molecule has 0 amide bonds. The van der Waals surface area contributed by atoms with Crippen LogP contribution in [0.25, 0.3) is 0 Å². The van der Waals surface area contributed by atoms with Crippen molar-refractivity contribution in [3.05, 3.63) is 16.1 Å². The minimum atomic E-state index is -3.55. The molecule has 1 aromatic heterocycles. The molecule has 0 saturated heterocycles. The third-order valence-electron chi connectivity index (χ3n) is 2.46. The number of nitrogens with one attached hydrogen (secondary N) is 1. The number of aromatic nitrogens is 1. The van der Waals surface area contributed by atoms with Gasteiger partial charge in [0, 0.05) is 18.5 Å². The Morgan fingerprint density at radius 3 is 2.45 bits per heavy atom. The van der Waals surface area contributed by atoms with Crippen LogP contribution in [0.3, 0.4) is 0 Å². The lowest BCUT2D eigenvalue weighted by Crippen LogP contribution is -2.41. The molecule has 0 aliphatic heterocycles. The predicted molar refractivity (Wildman–Crippen MR) is 77.0 cm³/mol. The van der Waals surface area contributed by atoms with Crippen molar-refractivity contribution in [3.63, 3.8) is 0 Å². The van der Waals surface area contributed by atoms with Gasteiger partial charge in [-0.1, -0.05) is 13.8 Å². The SMILES string of the molecule is CCCN(CCC)S(=O)(=O)NCc1nc(C(=O)O)cs1. The third-order valence-corrected chi connectivity index (χ3v) is 4.87. The second kappa shape index (κ2) is 7.67. The molecule has 1 heterocycles. The normalized spacial score (nSPS) is 11.9. The quantitative estimate of drug-likeness (QED) is 0.714. The molecule has 9 heteroatoms. The Morgan fingerprint density at radius 1 is 1.40 bits per heavy atom. The van der Waals surface area contributed by atoms with Crippen LogP contribution in [0, 0.1) is 0 Å². The van der Waals surface area contributed by atoms with Crippen molar-refractivity contribution in [2.24, 2.45) is 0 Å². The van der Waals surface area contributed by atoms with E-state index in [4.69, 9.17) is 5.11 Å². The summed E-state index contributed by atoms with van der Waals surface area (Å²) in [6.07, 6.45) is 1.47. The largest absolute Gasteiger partial charge is 0.476 e. The molecule has 0 fully saturated rings. The molecule has 0 aliphatic rings. The van der Waals surface area contributed by atoms with E-state index in [0.29, 0.717) is 18.1 Å². The van der Waals surface area contributed by atoms with Gasteiger partial charge in [-0.3, -0.25) is 0 Å². The highest BCUT2D eigenvalue weighted by molar-refractivity contribution is 7.87.